The molecule has 0 spiro atoms. The monoisotopic (exact) mass is 340 g/mol. The summed E-state index contributed by atoms with van der Waals surface area (Å²) in [5.41, 5.74) is 1.44. The molecule has 1 aromatic carbocycles. The minimum Gasteiger partial charge on any atom is -0.446 e. The molecule has 0 atom stereocenters. The number of hydrogen-bond acceptors (Lipinski definition) is 5. The van der Waals surface area contributed by atoms with Gasteiger partial charge in [-0.1, -0.05) is 12.1 Å². The third-order valence-electron chi connectivity index (χ3n) is 3.77. The largest absolute Gasteiger partial charge is 0.446 e. The van der Waals surface area contributed by atoms with Gasteiger partial charge >= 0.3 is 6.09 Å². The SMILES string of the molecule is O=Cc1cnn2c(NC(=O)OC3CC3)cc(-c3cccc(F)c3)nc12. The summed E-state index contributed by atoms with van der Waals surface area (Å²) in [6, 6.07) is 7.44. The molecule has 4 rings (SSSR count). The van der Waals surface area contributed by atoms with E-state index < -0.39 is 11.9 Å². The molecule has 2 aromatic heterocycles. The zero-order valence-electron chi connectivity index (χ0n) is 13.0. The number of rotatable bonds is 4. The first kappa shape index (κ1) is 15.3. The summed E-state index contributed by atoms with van der Waals surface area (Å²) in [5, 5.41) is 6.68. The van der Waals surface area contributed by atoms with Crippen LogP contribution < -0.4 is 5.32 Å². The number of amides is 1. The van der Waals surface area contributed by atoms with E-state index in [0.29, 0.717) is 17.5 Å². The van der Waals surface area contributed by atoms with Crippen molar-refractivity contribution in [2.24, 2.45) is 0 Å². The molecule has 0 aliphatic heterocycles. The lowest BCUT2D eigenvalue weighted by atomic mass is 10.1. The molecule has 0 saturated heterocycles. The van der Waals surface area contributed by atoms with Crippen LogP contribution in [0.1, 0.15) is 23.2 Å². The number of fused-ring (bicyclic) bond motifs is 1. The van der Waals surface area contributed by atoms with Crippen LogP contribution in [-0.2, 0) is 4.74 Å². The smallest absolute Gasteiger partial charge is 0.413 e. The second kappa shape index (κ2) is 5.97. The van der Waals surface area contributed by atoms with E-state index >= 15 is 0 Å². The van der Waals surface area contributed by atoms with Crippen LogP contribution in [0.5, 0.6) is 0 Å². The standard InChI is InChI=1S/C17H13FN4O3/c18-12-3-1-2-10(6-12)14-7-15(21-17(24)25-13-4-5-13)22-16(20-14)11(9-23)8-19-22/h1-3,6-9,13H,4-5H2,(H,21,24). The van der Waals surface area contributed by atoms with Gasteiger partial charge in [0.25, 0.3) is 0 Å². The second-order valence-electron chi connectivity index (χ2n) is 5.72. The Hall–Kier alpha value is -3.29. The number of aldehydes is 1. The van der Waals surface area contributed by atoms with E-state index in [1.165, 1.54) is 22.8 Å². The number of aromatic nitrogens is 3. The zero-order chi connectivity index (χ0) is 17.4. The van der Waals surface area contributed by atoms with Crippen LogP contribution in [0.2, 0.25) is 0 Å². The minimum atomic E-state index is -0.608. The average Bonchev–Trinajstić information content (AvgIpc) is 3.30. The fourth-order valence-electron chi connectivity index (χ4n) is 2.42. The van der Waals surface area contributed by atoms with Gasteiger partial charge in [-0.2, -0.15) is 9.61 Å². The Kier molecular flexibility index (Phi) is 3.64. The lowest BCUT2D eigenvalue weighted by Crippen LogP contribution is -2.17. The maximum Gasteiger partial charge on any atom is 0.413 e. The summed E-state index contributed by atoms with van der Waals surface area (Å²) in [5.74, 6) is -0.131. The predicted molar refractivity (Wildman–Crippen MR) is 86.9 cm³/mol. The van der Waals surface area contributed by atoms with E-state index in [2.05, 4.69) is 15.4 Å². The normalized spacial score (nSPS) is 13.6. The van der Waals surface area contributed by atoms with Crippen LogP contribution in [0.3, 0.4) is 0 Å². The summed E-state index contributed by atoms with van der Waals surface area (Å²) in [7, 11) is 0. The number of halogens is 1. The molecule has 1 aliphatic carbocycles. The van der Waals surface area contributed by atoms with Gasteiger partial charge in [0.05, 0.1) is 17.5 Å². The van der Waals surface area contributed by atoms with Crippen LogP contribution in [0, 0.1) is 5.82 Å². The third-order valence-corrected chi connectivity index (χ3v) is 3.77. The van der Waals surface area contributed by atoms with Crippen molar-refractivity contribution in [3.8, 4) is 11.3 Å². The van der Waals surface area contributed by atoms with Crippen LogP contribution in [-0.4, -0.2) is 33.1 Å². The van der Waals surface area contributed by atoms with Crippen molar-refractivity contribution < 1.29 is 18.7 Å². The molecule has 1 saturated carbocycles. The van der Waals surface area contributed by atoms with Crippen molar-refractivity contribution in [1.29, 1.82) is 0 Å². The zero-order valence-corrected chi connectivity index (χ0v) is 13.0. The Labute approximate surface area is 141 Å². The molecule has 0 radical (unpaired) electrons. The van der Waals surface area contributed by atoms with E-state index in [4.69, 9.17) is 4.74 Å². The van der Waals surface area contributed by atoms with Gasteiger partial charge in [0.2, 0.25) is 0 Å². The summed E-state index contributed by atoms with van der Waals surface area (Å²) in [6.45, 7) is 0. The number of ether oxygens (including phenoxy) is 1. The Morgan fingerprint density at radius 2 is 2.20 bits per heavy atom. The highest BCUT2D eigenvalue weighted by atomic mass is 19.1. The van der Waals surface area contributed by atoms with Gasteiger partial charge in [-0.3, -0.25) is 10.1 Å². The highest BCUT2D eigenvalue weighted by molar-refractivity contribution is 5.88. The van der Waals surface area contributed by atoms with Gasteiger partial charge in [-0.25, -0.2) is 14.2 Å². The van der Waals surface area contributed by atoms with Crippen LogP contribution in [0.25, 0.3) is 16.9 Å². The summed E-state index contributed by atoms with van der Waals surface area (Å²) >= 11 is 0. The lowest BCUT2D eigenvalue weighted by Gasteiger charge is -2.10. The summed E-state index contributed by atoms with van der Waals surface area (Å²) < 4.78 is 20.0. The fraction of sp³-hybridized carbons (Fsp3) is 0.176. The van der Waals surface area contributed by atoms with Gasteiger partial charge in [0, 0.05) is 11.6 Å². The molecule has 1 N–H and O–H groups in total. The molecular formula is C17H13FN4O3. The predicted octanol–water partition coefficient (Wildman–Crippen LogP) is 3.06. The summed E-state index contributed by atoms with van der Waals surface area (Å²) in [4.78, 5) is 27.5. The van der Waals surface area contributed by atoms with Crippen LogP contribution in [0.4, 0.5) is 15.0 Å². The number of hydrogen-bond donors (Lipinski definition) is 1. The molecule has 126 valence electrons. The first-order valence-corrected chi connectivity index (χ1v) is 7.71. The molecule has 1 amide bonds. The first-order valence-electron chi connectivity index (χ1n) is 7.71. The van der Waals surface area contributed by atoms with Crippen molar-refractivity contribution in [3.63, 3.8) is 0 Å². The molecule has 1 fully saturated rings. The van der Waals surface area contributed by atoms with Crippen molar-refractivity contribution in [2.75, 3.05) is 5.32 Å². The maximum atomic E-state index is 13.5. The van der Waals surface area contributed by atoms with Gasteiger partial charge in [0.1, 0.15) is 17.7 Å². The summed E-state index contributed by atoms with van der Waals surface area (Å²) in [6.07, 6.45) is 3.01. The molecule has 2 heterocycles. The molecule has 0 bridgehead atoms. The molecule has 3 aromatic rings. The van der Waals surface area contributed by atoms with Gasteiger partial charge < -0.3 is 4.74 Å². The number of anilines is 1. The van der Waals surface area contributed by atoms with Crippen molar-refractivity contribution >= 4 is 23.8 Å². The number of carbonyl (C=O) groups is 2. The number of carbonyl (C=O) groups excluding carboxylic acids is 2. The molecule has 25 heavy (non-hydrogen) atoms. The van der Waals surface area contributed by atoms with Gasteiger partial charge in [0.15, 0.2) is 11.9 Å². The van der Waals surface area contributed by atoms with Gasteiger partial charge in [-0.05, 0) is 25.0 Å². The lowest BCUT2D eigenvalue weighted by molar-refractivity contribution is 0.112. The average molecular weight is 340 g/mol. The van der Waals surface area contributed by atoms with Crippen molar-refractivity contribution in [3.05, 3.63) is 47.9 Å². The third kappa shape index (κ3) is 3.06. The van der Waals surface area contributed by atoms with Crippen molar-refractivity contribution in [1.82, 2.24) is 14.6 Å². The number of benzene rings is 1. The second-order valence-corrected chi connectivity index (χ2v) is 5.72. The Bertz CT molecular complexity index is 981. The minimum absolute atomic E-state index is 0.0526. The Morgan fingerprint density at radius 1 is 1.36 bits per heavy atom. The molecule has 0 unspecified atom stereocenters. The topological polar surface area (TPSA) is 85.6 Å². The van der Waals surface area contributed by atoms with E-state index in [0.717, 1.165) is 12.8 Å². The molecule has 8 heteroatoms. The Morgan fingerprint density at radius 3 is 2.92 bits per heavy atom. The molecular weight excluding hydrogens is 327 g/mol. The van der Waals surface area contributed by atoms with E-state index in [1.807, 2.05) is 0 Å². The quantitative estimate of drug-likeness (QED) is 0.738. The highest BCUT2D eigenvalue weighted by Crippen LogP contribution is 2.26. The van der Waals surface area contributed by atoms with Crippen molar-refractivity contribution in [2.45, 2.75) is 18.9 Å². The molecule has 1 aliphatic rings. The van der Waals surface area contributed by atoms with E-state index in [9.17, 15) is 14.0 Å². The van der Waals surface area contributed by atoms with Crippen LogP contribution >= 0.6 is 0 Å². The fourth-order valence-corrected chi connectivity index (χ4v) is 2.42. The molecule has 7 nitrogen and oxygen atoms in total. The van der Waals surface area contributed by atoms with E-state index in [-0.39, 0.29) is 23.1 Å². The van der Waals surface area contributed by atoms with E-state index in [1.54, 1.807) is 18.2 Å². The highest BCUT2D eigenvalue weighted by Gasteiger charge is 2.26. The Balaban J connectivity index is 1.80. The first-order chi connectivity index (χ1) is 12.1. The number of nitrogens with one attached hydrogen (secondary N) is 1. The number of nitrogens with zero attached hydrogens (tertiary/aromatic N) is 3. The van der Waals surface area contributed by atoms with Crippen LogP contribution in [0.15, 0.2) is 36.5 Å². The maximum absolute atomic E-state index is 13.5. The van der Waals surface area contributed by atoms with Gasteiger partial charge in [-0.15, -0.1) is 0 Å².